The van der Waals surface area contributed by atoms with Gasteiger partial charge >= 0.3 is 0 Å². The van der Waals surface area contributed by atoms with Gasteiger partial charge in [0.1, 0.15) is 0 Å². The molecule has 1 heterocycles. The Balaban J connectivity index is 1.77. The standard InChI is InChI=1S/C10H16N2/c1-9(8-11-12-8)3-2-4-10(7-9)5-6-10/h8H,2-7H2,1H3/t9-/m1/s1. The third-order valence-corrected chi connectivity index (χ3v) is 4.05. The summed E-state index contributed by atoms with van der Waals surface area (Å²) in [6, 6.07) is 0. The Kier molecular flexibility index (Phi) is 1.12. The molecule has 12 heavy (non-hydrogen) atoms. The molecule has 66 valence electrons. The summed E-state index contributed by atoms with van der Waals surface area (Å²) in [6.45, 7) is 2.39. The van der Waals surface area contributed by atoms with Gasteiger partial charge in [-0.3, -0.25) is 0 Å². The third-order valence-electron chi connectivity index (χ3n) is 4.05. The summed E-state index contributed by atoms with van der Waals surface area (Å²) in [4.78, 5) is 0. The van der Waals surface area contributed by atoms with Crippen LogP contribution < -0.4 is 0 Å². The fraction of sp³-hybridized carbons (Fsp3) is 1.00. The molecule has 0 aromatic carbocycles. The summed E-state index contributed by atoms with van der Waals surface area (Å²) < 4.78 is 0. The molecule has 2 nitrogen and oxygen atoms in total. The first-order valence-corrected chi connectivity index (χ1v) is 5.13. The summed E-state index contributed by atoms with van der Waals surface area (Å²) >= 11 is 0. The van der Waals surface area contributed by atoms with Gasteiger partial charge in [0.25, 0.3) is 0 Å². The maximum absolute atomic E-state index is 4.12. The van der Waals surface area contributed by atoms with Crippen molar-refractivity contribution in [3.05, 3.63) is 0 Å². The van der Waals surface area contributed by atoms with Gasteiger partial charge < -0.3 is 0 Å². The second kappa shape index (κ2) is 1.91. The first kappa shape index (κ1) is 7.05. The van der Waals surface area contributed by atoms with Gasteiger partial charge in [0.2, 0.25) is 0 Å². The summed E-state index contributed by atoms with van der Waals surface area (Å²) in [5.74, 6) is 0. The molecule has 2 saturated carbocycles. The third kappa shape index (κ3) is 0.932. The highest BCUT2D eigenvalue weighted by atomic mass is 15.4. The topological polar surface area (TPSA) is 24.7 Å². The maximum Gasteiger partial charge on any atom is 0.186 e. The number of rotatable bonds is 1. The Morgan fingerprint density at radius 1 is 1.08 bits per heavy atom. The largest absolute Gasteiger partial charge is 0.186 e. The normalized spacial score (nSPS) is 43.4. The highest BCUT2D eigenvalue weighted by Crippen LogP contribution is 2.63. The van der Waals surface area contributed by atoms with Crippen molar-refractivity contribution in [1.82, 2.24) is 0 Å². The zero-order chi connectivity index (χ0) is 8.23. The lowest BCUT2D eigenvalue weighted by atomic mass is 9.68. The molecule has 1 aliphatic heterocycles. The van der Waals surface area contributed by atoms with Crippen LogP contribution in [0.3, 0.4) is 0 Å². The van der Waals surface area contributed by atoms with Crippen LogP contribution in [0.1, 0.15) is 45.4 Å². The molecule has 0 saturated heterocycles. The van der Waals surface area contributed by atoms with E-state index in [4.69, 9.17) is 0 Å². The molecule has 1 spiro atoms. The van der Waals surface area contributed by atoms with Crippen molar-refractivity contribution < 1.29 is 0 Å². The van der Waals surface area contributed by atoms with Gasteiger partial charge in [0.15, 0.2) is 6.17 Å². The van der Waals surface area contributed by atoms with Crippen LogP contribution in [-0.2, 0) is 0 Å². The molecule has 2 fully saturated rings. The van der Waals surface area contributed by atoms with E-state index in [0.717, 1.165) is 5.41 Å². The Bertz CT molecular complexity index is 236. The second-order valence-corrected chi connectivity index (χ2v) is 5.29. The zero-order valence-electron chi connectivity index (χ0n) is 7.71. The second-order valence-electron chi connectivity index (χ2n) is 5.29. The van der Waals surface area contributed by atoms with Crippen molar-refractivity contribution in [2.75, 3.05) is 0 Å². The average molecular weight is 164 g/mol. The predicted octanol–water partition coefficient (Wildman–Crippen LogP) is 3.14. The number of hydrogen-bond acceptors (Lipinski definition) is 2. The predicted molar refractivity (Wildman–Crippen MR) is 46.9 cm³/mol. The summed E-state index contributed by atoms with van der Waals surface area (Å²) in [6.07, 6.45) is 9.00. The van der Waals surface area contributed by atoms with Gasteiger partial charge in [-0.05, 0) is 37.5 Å². The van der Waals surface area contributed by atoms with Crippen molar-refractivity contribution in [3.63, 3.8) is 0 Å². The molecule has 0 N–H and O–H groups in total. The van der Waals surface area contributed by atoms with Crippen LogP contribution in [0.15, 0.2) is 10.2 Å². The minimum absolute atomic E-state index is 0.385. The molecule has 0 radical (unpaired) electrons. The summed E-state index contributed by atoms with van der Waals surface area (Å²) in [5.41, 5.74) is 1.22. The summed E-state index contributed by atoms with van der Waals surface area (Å²) in [7, 11) is 0. The molecule has 0 bridgehead atoms. The zero-order valence-corrected chi connectivity index (χ0v) is 7.71. The molecule has 3 rings (SSSR count). The van der Waals surface area contributed by atoms with Crippen molar-refractivity contribution >= 4 is 0 Å². The van der Waals surface area contributed by atoms with Crippen LogP contribution in [0.25, 0.3) is 0 Å². The fourth-order valence-corrected chi connectivity index (χ4v) is 3.04. The molecule has 0 aromatic rings. The Hall–Kier alpha value is -0.400. The van der Waals surface area contributed by atoms with Crippen LogP contribution in [0, 0.1) is 10.8 Å². The monoisotopic (exact) mass is 164 g/mol. The minimum Gasteiger partial charge on any atom is -0.162 e. The van der Waals surface area contributed by atoms with E-state index in [2.05, 4.69) is 17.2 Å². The van der Waals surface area contributed by atoms with Crippen LogP contribution in [0.5, 0.6) is 0 Å². The van der Waals surface area contributed by atoms with Gasteiger partial charge in [-0.25, -0.2) is 0 Å². The van der Waals surface area contributed by atoms with E-state index in [1.54, 1.807) is 0 Å². The highest BCUT2D eigenvalue weighted by Gasteiger charge is 2.54. The van der Waals surface area contributed by atoms with Crippen LogP contribution in [0.2, 0.25) is 0 Å². The highest BCUT2D eigenvalue weighted by molar-refractivity contribution is 5.05. The Morgan fingerprint density at radius 3 is 2.42 bits per heavy atom. The molecular weight excluding hydrogens is 148 g/mol. The fourth-order valence-electron chi connectivity index (χ4n) is 3.04. The van der Waals surface area contributed by atoms with Crippen LogP contribution in [0.4, 0.5) is 0 Å². The van der Waals surface area contributed by atoms with Crippen molar-refractivity contribution in [2.24, 2.45) is 21.1 Å². The molecule has 0 amide bonds. The van der Waals surface area contributed by atoms with E-state index in [9.17, 15) is 0 Å². The first-order chi connectivity index (χ1) is 5.73. The molecule has 0 aromatic heterocycles. The van der Waals surface area contributed by atoms with Gasteiger partial charge in [0, 0.05) is 5.41 Å². The van der Waals surface area contributed by atoms with Crippen molar-refractivity contribution in [1.29, 1.82) is 0 Å². The molecule has 2 aliphatic carbocycles. The van der Waals surface area contributed by atoms with E-state index in [-0.39, 0.29) is 0 Å². The van der Waals surface area contributed by atoms with Gasteiger partial charge in [-0.1, -0.05) is 13.3 Å². The van der Waals surface area contributed by atoms with Crippen molar-refractivity contribution in [2.45, 2.75) is 51.6 Å². The van der Waals surface area contributed by atoms with E-state index in [0.29, 0.717) is 11.6 Å². The Labute approximate surface area is 73.5 Å². The van der Waals surface area contributed by atoms with E-state index >= 15 is 0 Å². The van der Waals surface area contributed by atoms with Gasteiger partial charge in [0.05, 0.1) is 0 Å². The summed E-state index contributed by atoms with van der Waals surface area (Å²) in [5, 5.41) is 8.23. The lowest BCUT2D eigenvalue weighted by Crippen LogP contribution is -2.31. The average Bonchev–Trinajstić information content (AvgIpc) is 2.80. The maximum atomic E-state index is 4.12. The molecular formula is C10H16N2. The van der Waals surface area contributed by atoms with Crippen LogP contribution in [-0.4, -0.2) is 6.17 Å². The van der Waals surface area contributed by atoms with Crippen molar-refractivity contribution in [3.8, 4) is 0 Å². The lowest BCUT2D eigenvalue weighted by Gasteiger charge is -2.36. The van der Waals surface area contributed by atoms with E-state index in [1.807, 2.05) is 0 Å². The van der Waals surface area contributed by atoms with E-state index in [1.165, 1.54) is 38.5 Å². The van der Waals surface area contributed by atoms with Crippen LogP contribution >= 0.6 is 0 Å². The number of nitrogens with zero attached hydrogens (tertiary/aromatic N) is 2. The smallest absolute Gasteiger partial charge is 0.162 e. The molecule has 0 unspecified atom stereocenters. The van der Waals surface area contributed by atoms with Gasteiger partial charge in [-0.15, -0.1) is 0 Å². The van der Waals surface area contributed by atoms with Gasteiger partial charge in [-0.2, -0.15) is 10.2 Å². The minimum atomic E-state index is 0.385. The Morgan fingerprint density at radius 2 is 1.83 bits per heavy atom. The lowest BCUT2D eigenvalue weighted by molar-refractivity contribution is 0.138. The SMILES string of the molecule is C[C@@]1(C2N=N2)CCCC2(CC2)C1. The molecule has 1 atom stereocenters. The molecule has 3 aliphatic rings. The number of hydrogen-bond donors (Lipinski definition) is 0. The first-order valence-electron chi connectivity index (χ1n) is 5.13. The quantitative estimate of drug-likeness (QED) is 0.569. The van der Waals surface area contributed by atoms with E-state index < -0.39 is 0 Å². The molecule has 2 heteroatoms.